The highest BCUT2D eigenvalue weighted by Crippen LogP contribution is 2.17. The fraction of sp³-hybridized carbons (Fsp3) is 0.571. The lowest BCUT2D eigenvalue weighted by Gasteiger charge is -2.14. The van der Waals surface area contributed by atoms with Crippen LogP contribution in [0.15, 0.2) is 16.6 Å². The third kappa shape index (κ3) is 4.33. The van der Waals surface area contributed by atoms with Gasteiger partial charge in [0.05, 0.1) is 5.69 Å². The van der Waals surface area contributed by atoms with Crippen molar-refractivity contribution in [1.29, 1.82) is 0 Å². The van der Waals surface area contributed by atoms with Crippen LogP contribution in [0.1, 0.15) is 37.0 Å². The number of aryl methyl sites for hydroxylation is 2. The monoisotopic (exact) mass is 265 g/mol. The lowest BCUT2D eigenvalue weighted by molar-refractivity contribution is 0.514. The maximum Gasteiger partial charge on any atom is 0.109 e. The Balaban J connectivity index is 0.000000203. The molecule has 0 amide bonds. The summed E-state index contributed by atoms with van der Waals surface area (Å²) in [4.78, 5) is 8.04. The number of thioether (sulfide) groups is 1. The molecule has 0 N–H and O–H groups in total. The second-order valence-electron chi connectivity index (χ2n) is 4.23. The Morgan fingerprint density at radius 3 is 2.83 bits per heavy atom. The van der Waals surface area contributed by atoms with Gasteiger partial charge < -0.3 is 4.57 Å². The molecule has 2 heterocycles. The summed E-state index contributed by atoms with van der Waals surface area (Å²) >= 11 is 1.72. The van der Waals surface area contributed by atoms with E-state index in [2.05, 4.69) is 42.0 Å². The van der Waals surface area contributed by atoms with Gasteiger partial charge in [-0.05, 0) is 44.6 Å². The van der Waals surface area contributed by atoms with E-state index in [1.165, 1.54) is 43.0 Å². The highest BCUT2D eigenvalue weighted by molar-refractivity contribution is 8.02. The van der Waals surface area contributed by atoms with E-state index >= 15 is 0 Å². The Bertz CT molecular complexity index is 407. The Morgan fingerprint density at radius 2 is 2.22 bits per heavy atom. The van der Waals surface area contributed by atoms with Gasteiger partial charge in [0.25, 0.3) is 0 Å². The summed E-state index contributed by atoms with van der Waals surface area (Å²) in [6.45, 7) is 10.8. The van der Waals surface area contributed by atoms with Crippen molar-refractivity contribution in [3.8, 4) is 0 Å². The van der Waals surface area contributed by atoms with Gasteiger partial charge in [-0.25, -0.2) is 4.98 Å². The number of nitrogens with zero attached hydrogens (tertiary/aromatic N) is 3. The number of hydrogen-bond donors (Lipinski definition) is 0. The third-order valence-electron chi connectivity index (χ3n) is 3.00. The minimum Gasteiger partial charge on any atom is -0.332 e. The second kappa shape index (κ2) is 8.14. The summed E-state index contributed by atoms with van der Waals surface area (Å²) in [5, 5.41) is 1.92. The molecule has 0 fully saturated rings. The van der Waals surface area contributed by atoms with Crippen molar-refractivity contribution in [3.63, 3.8) is 0 Å². The van der Waals surface area contributed by atoms with Crippen molar-refractivity contribution in [2.45, 2.75) is 46.6 Å². The first-order chi connectivity index (χ1) is 8.70. The second-order valence-corrected chi connectivity index (χ2v) is 5.41. The van der Waals surface area contributed by atoms with E-state index in [9.17, 15) is 0 Å². The van der Waals surface area contributed by atoms with E-state index in [1.54, 1.807) is 18.0 Å². The Labute approximate surface area is 114 Å². The minimum absolute atomic E-state index is 1.10. The largest absolute Gasteiger partial charge is 0.332 e. The molecule has 1 aliphatic heterocycles. The Hall–Kier alpha value is -1.03. The van der Waals surface area contributed by atoms with E-state index in [0.29, 0.717) is 0 Å². The molecule has 1 aliphatic rings. The topological polar surface area (TPSA) is 30.2 Å². The first-order valence-corrected chi connectivity index (χ1v) is 7.50. The van der Waals surface area contributed by atoms with Gasteiger partial charge in [-0.15, -0.1) is 11.8 Å². The molecule has 0 bridgehead atoms. The molecule has 0 aliphatic carbocycles. The van der Waals surface area contributed by atoms with Crippen LogP contribution in [0.2, 0.25) is 0 Å². The van der Waals surface area contributed by atoms with Crippen LogP contribution in [0.4, 0.5) is 0 Å². The van der Waals surface area contributed by atoms with Gasteiger partial charge in [-0.3, -0.25) is 4.99 Å². The number of imidazole rings is 1. The van der Waals surface area contributed by atoms with Crippen molar-refractivity contribution in [3.05, 3.63) is 28.8 Å². The number of rotatable bonds is 3. The molecule has 0 atom stereocenters. The third-order valence-corrected chi connectivity index (χ3v) is 3.65. The number of fused-ring (bicyclic) bond motifs is 1. The summed E-state index contributed by atoms with van der Waals surface area (Å²) in [5.41, 5.74) is 2.57. The molecule has 18 heavy (non-hydrogen) atoms. The lowest BCUT2D eigenvalue weighted by Crippen LogP contribution is -2.11. The van der Waals surface area contributed by atoms with E-state index < -0.39 is 0 Å². The lowest BCUT2D eigenvalue weighted by atomic mass is 10.2. The molecule has 0 radical (unpaired) electrons. The SMILES string of the molecule is C=N/C=C\SCC.Cc1nc2n(c1C)CCCC2. The van der Waals surface area contributed by atoms with E-state index in [1.807, 2.05) is 5.41 Å². The fourth-order valence-corrected chi connectivity index (χ4v) is 2.31. The molecule has 0 spiro atoms. The van der Waals surface area contributed by atoms with E-state index in [-0.39, 0.29) is 0 Å². The minimum atomic E-state index is 1.10. The highest BCUT2D eigenvalue weighted by Gasteiger charge is 2.13. The smallest absolute Gasteiger partial charge is 0.109 e. The average molecular weight is 265 g/mol. The molecule has 4 heteroatoms. The van der Waals surface area contributed by atoms with Gasteiger partial charge in [0.2, 0.25) is 0 Å². The molecule has 3 nitrogen and oxygen atoms in total. The van der Waals surface area contributed by atoms with Crippen LogP contribution in [-0.2, 0) is 13.0 Å². The molecule has 0 aromatic carbocycles. The zero-order valence-electron chi connectivity index (χ0n) is 11.6. The van der Waals surface area contributed by atoms with Crippen LogP contribution < -0.4 is 0 Å². The summed E-state index contributed by atoms with van der Waals surface area (Å²) in [6.07, 6.45) is 5.50. The molecular weight excluding hydrogens is 242 g/mol. The summed E-state index contributed by atoms with van der Waals surface area (Å²) in [5.74, 6) is 2.40. The molecular formula is C14H23N3S. The molecule has 0 saturated carbocycles. The van der Waals surface area contributed by atoms with Gasteiger partial charge in [0.1, 0.15) is 5.82 Å². The predicted octanol–water partition coefficient (Wildman–Crippen LogP) is 3.75. The zero-order valence-corrected chi connectivity index (χ0v) is 12.5. The standard InChI is InChI=1S/C9H14N2.C5H9NS/c1-7-8(2)11-6-4-3-5-9(11)10-7;1-3-7-5-4-6-2/h3-6H2,1-2H3;4-5H,2-3H2,1H3/b;5-4-. The molecule has 100 valence electrons. The van der Waals surface area contributed by atoms with Gasteiger partial charge in [-0.2, -0.15) is 0 Å². The number of hydrogen-bond acceptors (Lipinski definition) is 3. The normalized spacial score (nSPS) is 13.9. The first kappa shape index (κ1) is 15.0. The van der Waals surface area contributed by atoms with Crippen LogP contribution in [-0.4, -0.2) is 22.0 Å². The van der Waals surface area contributed by atoms with Gasteiger partial charge in [0.15, 0.2) is 0 Å². The van der Waals surface area contributed by atoms with E-state index in [4.69, 9.17) is 0 Å². The quantitative estimate of drug-likeness (QED) is 0.779. The van der Waals surface area contributed by atoms with Crippen molar-refractivity contribution in [1.82, 2.24) is 9.55 Å². The first-order valence-electron chi connectivity index (χ1n) is 6.45. The van der Waals surface area contributed by atoms with Crippen LogP contribution >= 0.6 is 11.8 Å². The molecule has 2 rings (SSSR count). The van der Waals surface area contributed by atoms with Crippen molar-refractivity contribution in [2.75, 3.05) is 5.75 Å². The summed E-state index contributed by atoms with van der Waals surface area (Å²) < 4.78 is 2.36. The van der Waals surface area contributed by atoms with Gasteiger partial charge in [0, 0.05) is 24.9 Å². The highest BCUT2D eigenvalue weighted by atomic mass is 32.2. The zero-order chi connectivity index (χ0) is 13.4. The van der Waals surface area contributed by atoms with E-state index in [0.717, 1.165) is 5.75 Å². The maximum atomic E-state index is 4.51. The number of aromatic nitrogens is 2. The molecule has 1 aromatic rings. The van der Waals surface area contributed by atoms with Crippen molar-refractivity contribution < 1.29 is 0 Å². The Morgan fingerprint density at radius 1 is 1.44 bits per heavy atom. The summed E-state index contributed by atoms with van der Waals surface area (Å²) in [6, 6.07) is 0. The van der Waals surface area contributed by atoms with Crippen molar-refractivity contribution in [2.24, 2.45) is 4.99 Å². The summed E-state index contributed by atoms with van der Waals surface area (Å²) in [7, 11) is 0. The van der Waals surface area contributed by atoms with Crippen LogP contribution in [0.5, 0.6) is 0 Å². The van der Waals surface area contributed by atoms with Gasteiger partial charge in [-0.1, -0.05) is 6.92 Å². The predicted molar refractivity (Wildman–Crippen MR) is 81.5 cm³/mol. The fourth-order valence-electron chi connectivity index (χ4n) is 1.95. The van der Waals surface area contributed by atoms with Gasteiger partial charge >= 0.3 is 0 Å². The van der Waals surface area contributed by atoms with Crippen LogP contribution in [0.3, 0.4) is 0 Å². The molecule has 0 unspecified atom stereocenters. The average Bonchev–Trinajstić information content (AvgIpc) is 2.67. The van der Waals surface area contributed by atoms with Crippen LogP contribution in [0, 0.1) is 13.8 Å². The van der Waals surface area contributed by atoms with Crippen LogP contribution in [0.25, 0.3) is 0 Å². The molecule has 0 saturated heterocycles. The Kier molecular flexibility index (Phi) is 6.80. The van der Waals surface area contributed by atoms with Crippen molar-refractivity contribution >= 4 is 18.5 Å². The maximum absolute atomic E-state index is 4.51. The molecule has 1 aromatic heterocycles. The number of aliphatic imine (C=N–C) groups is 1.